The maximum atomic E-state index is 12.8. The first-order chi connectivity index (χ1) is 17.7. The SMILES string of the molecule is CCC(=O)NCCOCCOCCOCCOC[C@H]1OC[C@H](Nc2cncc(C(F)(F)F)n2)[C@@H](O)[C@H]1O. The molecule has 0 aromatic carbocycles. The van der Waals surface area contributed by atoms with E-state index in [9.17, 15) is 28.2 Å². The summed E-state index contributed by atoms with van der Waals surface area (Å²) in [5.74, 6) is -0.217. The van der Waals surface area contributed by atoms with Crippen molar-refractivity contribution >= 4 is 11.7 Å². The number of aliphatic hydroxyl groups excluding tert-OH is 2. The Hall–Kier alpha value is -2.14. The lowest BCUT2D eigenvalue weighted by molar-refractivity contribution is -0.161. The Bertz CT molecular complexity index is 793. The lowest BCUT2D eigenvalue weighted by Crippen LogP contribution is -2.57. The second-order valence-electron chi connectivity index (χ2n) is 8.01. The van der Waals surface area contributed by atoms with Crippen LogP contribution in [0, 0.1) is 0 Å². The molecule has 0 radical (unpaired) electrons. The lowest BCUT2D eigenvalue weighted by atomic mass is 9.98. The van der Waals surface area contributed by atoms with Crippen LogP contribution in [0.4, 0.5) is 19.0 Å². The van der Waals surface area contributed by atoms with Gasteiger partial charge < -0.3 is 44.5 Å². The second-order valence-corrected chi connectivity index (χ2v) is 8.01. The number of amides is 1. The number of hydrogen-bond acceptors (Lipinski definition) is 11. The third kappa shape index (κ3) is 11.8. The quantitative estimate of drug-likeness (QED) is 0.197. The molecule has 1 aromatic heterocycles. The summed E-state index contributed by atoms with van der Waals surface area (Å²) in [6.45, 7) is 4.59. The van der Waals surface area contributed by atoms with Crippen molar-refractivity contribution in [2.75, 3.05) is 71.3 Å². The highest BCUT2D eigenvalue weighted by atomic mass is 19.4. The monoisotopic (exact) mass is 540 g/mol. The van der Waals surface area contributed by atoms with E-state index < -0.39 is 36.2 Å². The smallest absolute Gasteiger partial charge is 0.388 e. The molecular weight excluding hydrogens is 505 g/mol. The van der Waals surface area contributed by atoms with Crippen molar-refractivity contribution in [1.29, 1.82) is 0 Å². The van der Waals surface area contributed by atoms with Crippen LogP contribution in [0.3, 0.4) is 0 Å². The number of rotatable bonds is 17. The molecule has 1 aliphatic rings. The van der Waals surface area contributed by atoms with E-state index in [1.807, 2.05) is 0 Å². The summed E-state index contributed by atoms with van der Waals surface area (Å²) in [7, 11) is 0. The lowest BCUT2D eigenvalue weighted by Gasteiger charge is -2.38. The van der Waals surface area contributed by atoms with E-state index in [4.69, 9.17) is 23.7 Å². The summed E-state index contributed by atoms with van der Waals surface area (Å²) >= 11 is 0. The number of alkyl halides is 3. The molecule has 1 amide bonds. The number of halogens is 3. The van der Waals surface area contributed by atoms with E-state index in [0.29, 0.717) is 52.2 Å². The number of anilines is 1. The van der Waals surface area contributed by atoms with Crippen molar-refractivity contribution in [1.82, 2.24) is 15.3 Å². The van der Waals surface area contributed by atoms with Crippen LogP contribution >= 0.6 is 0 Å². The molecule has 2 rings (SSSR count). The van der Waals surface area contributed by atoms with Crippen LogP contribution in [-0.4, -0.2) is 116 Å². The maximum absolute atomic E-state index is 12.8. The molecular formula is C22H35F3N4O8. The van der Waals surface area contributed by atoms with Gasteiger partial charge >= 0.3 is 6.18 Å². The Morgan fingerprint density at radius 2 is 1.65 bits per heavy atom. The summed E-state index contributed by atoms with van der Waals surface area (Å²) in [6, 6.07) is -0.889. The predicted molar refractivity (Wildman–Crippen MR) is 123 cm³/mol. The fourth-order valence-electron chi connectivity index (χ4n) is 3.17. The minimum atomic E-state index is -4.66. The number of nitrogens with zero attached hydrogens (tertiary/aromatic N) is 2. The van der Waals surface area contributed by atoms with Gasteiger partial charge in [0.05, 0.1) is 77.9 Å². The first kappa shape index (κ1) is 31.1. The second kappa shape index (κ2) is 16.7. The normalized spacial score (nSPS) is 22.1. The number of ether oxygens (including phenoxy) is 5. The maximum Gasteiger partial charge on any atom is 0.434 e. The van der Waals surface area contributed by atoms with Gasteiger partial charge in [0.2, 0.25) is 5.91 Å². The summed E-state index contributed by atoms with van der Waals surface area (Å²) in [6.07, 6.45) is -6.02. The number of nitrogens with one attached hydrogen (secondary N) is 2. The van der Waals surface area contributed by atoms with Crippen molar-refractivity contribution in [2.45, 2.75) is 43.9 Å². The van der Waals surface area contributed by atoms with Crippen molar-refractivity contribution in [3.05, 3.63) is 18.1 Å². The van der Waals surface area contributed by atoms with Gasteiger partial charge in [0.15, 0.2) is 5.69 Å². The Morgan fingerprint density at radius 3 is 2.27 bits per heavy atom. The van der Waals surface area contributed by atoms with Crippen LogP contribution in [-0.2, 0) is 34.7 Å². The molecule has 0 spiro atoms. The third-order valence-electron chi connectivity index (χ3n) is 5.18. The van der Waals surface area contributed by atoms with Crippen molar-refractivity contribution in [3.8, 4) is 0 Å². The molecule has 4 atom stereocenters. The first-order valence-corrected chi connectivity index (χ1v) is 11.9. The molecule has 1 fully saturated rings. The van der Waals surface area contributed by atoms with Gasteiger partial charge in [-0.05, 0) is 0 Å². The summed E-state index contributed by atoms with van der Waals surface area (Å²) in [5, 5.41) is 26.0. The fourth-order valence-corrected chi connectivity index (χ4v) is 3.17. The van der Waals surface area contributed by atoms with Crippen LogP contribution in [0.1, 0.15) is 19.0 Å². The van der Waals surface area contributed by atoms with E-state index in [1.54, 1.807) is 6.92 Å². The van der Waals surface area contributed by atoms with E-state index >= 15 is 0 Å². The first-order valence-electron chi connectivity index (χ1n) is 11.9. The van der Waals surface area contributed by atoms with Gasteiger partial charge in [0.25, 0.3) is 0 Å². The Balaban J connectivity index is 1.50. The van der Waals surface area contributed by atoms with Crippen LogP contribution in [0.2, 0.25) is 0 Å². The van der Waals surface area contributed by atoms with Gasteiger partial charge in [-0.15, -0.1) is 0 Å². The van der Waals surface area contributed by atoms with Crippen LogP contribution in [0.5, 0.6) is 0 Å². The molecule has 12 nitrogen and oxygen atoms in total. The summed E-state index contributed by atoms with van der Waals surface area (Å²) in [5.41, 5.74) is -1.18. The molecule has 4 N–H and O–H groups in total. The third-order valence-corrected chi connectivity index (χ3v) is 5.18. The van der Waals surface area contributed by atoms with Gasteiger partial charge in [-0.3, -0.25) is 9.78 Å². The van der Waals surface area contributed by atoms with Crippen LogP contribution in [0.25, 0.3) is 0 Å². The minimum absolute atomic E-state index is 0.00970. The Labute approximate surface area is 212 Å². The van der Waals surface area contributed by atoms with E-state index in [2.05, 4.69) is 20.6 Å². The molecule has 0 bridgehead atoms. The number of hydrogen-bond donors (Lipinski definition) is 4. The van der Waals surface area contributed by atoms with Gasteiger partial charge in [-0.1, -0.05) is 6.92 Å². The van der Waals surface area contributed by atoms with Gasteiger partial charge in [-0.25, -0.2) is 4.98 Å². The topological polar surface area (TPSA) is 154 Å². The average molecular weight is 541 g/mol. The largest absolute Gasteiger partial charge is 0.434 e. The fraction of sp³-hybridized carbons (Fsp3) is 0.773. The standard InChI is InChI=1S/C22H35F3N4O8/c1-2-19(30)27-3-4-33-5-6-34-7-8-35-9-10-36-14-16-21(32)20(31)15(13-37-16)28-18-12-26-11-17(29-18)22(23,24)25/h11-12,15-16,20-21,31-32H,2-10,13-14H2,1H3,(H,27,30)(H,28,29)/t15-,16+,20+,21-/m0/s1. The zero-order valence-electron chi connectivity index (χ0n) is 20.6. The van der Waals surface area contributed by atoms with E-state index in [-0.39, 0.29) is 38.2 Å². The molecule has 1 saturated heterocycles. The Morgan fingerprint density at radius 1 is 1.03 bits per heavy atom. The highest BCUT2D eigenvalue weighted by Gasteiger charge is 2.39. The van der Waals surface area contributed by atoms with Crippen molar-refractivity contribution in [2.24, 2.45) is 0 Å². The zero-order chi connectivity index (χ0) is 27.1. The predicted octanol–water partition coefficient (Wildman–Crippen LogP) is -0.0109. The Kier molecular flexibility index (Phi) is 14.0. The van der Waals surface area contributed by atoms with E-state index in [0.717, 1.165) is 6.20 Å². The molecule has 2 heterocycles. The summed E-state index contributed by atoms with van der Waals surface area (Å²) in [4.78, 5) is 18.0. The number of aromatic nitrogens is 2. The summed E-state index contributed by atoms with van der Waals surface area (Å²) < 4.78 is 65.4. The highest BCUT2D eigenvalue weighted by molar-refractivity contribution is 5.75. The molecule has 1 aliphatic heterocycles. The molecule has 37 heavy (non-hydrogen) atoms. The van der Waals surface area contributed by atoms with Crippen LogP contribution in [0.15, 0.2) is 12.4 Å². The molecule has 0 aliphatic carbocycles. The molecule has 212 valence electrons. The van der Waals surface area contributed by atoms with Gasteiger partial charge in [0, 0.05) is 13.0 Å². The minimum Gasteiger partial charge on any atom is -0.388 e. The molecule has 1 aromatic rings. The number of aliphatic hydroxyl groups is 2. The zero-order valence-corrected chi connectivity index (χ0v) is 20.6. The number of carbonyl (C=O) groups excluding carboxylic acids is 1. The van der Waals surface area contributed by atoms with Gasteiger partial charge in [0.1, 0.15) is 24.1 Å². The molecule has 0 saturated carbocycles. The highest BCUT2D eigenvalue weighted by Crippen LogP contribution is 2.28. The van der Waals surface area contributed by atoms with Crippen LogP contribution < -0.4 is 10.6 Å². The van der Waals surface area contributed by atoms with Crippen molar-refractivity contribution in [3.63, 3.8) is 0 Å². The molecule has 0 unspecified atom stereocenters. The average Bonchev–Trinajstić information content (AvgIpc) is 2.87. The van der Waals surface area contributed by atoms with Gasteiger partial charge in [-0.2, -0.15) is 13.2 Å². The van der Waals surface area contributed by atoms with Crippen molar-refractivity contribution < 1.29 is 51.9 Å². The molecule has 15 heteroatoms. The number of carbonyl (C=O) groups is 1. The van der Waals surface area contributed by atoms with E-state index in [1.165, 1.54) is 0 Å².